The van der Waals surface area contributed by atoms with E-state index in [9.17, 15) is 4.79 Å². The average Bonchev–Trinajstić information content (AvgIpc) is 3.05. The van der Waals surface area contributed by atoms with E-state index in [2.05, 4.69) is 12.2 Å². The Morgan fingerprint density at radius 2 is 1.74 bits per heavy atom. The number of carbonyl (C=O) groups is 1. The van der Waals surface area contributed by atoms with Gasteiger partial charge in [0.15, 0.2) is 0 Å². The van der Waals surface area contributed by atoms with Gasteiger partial charge in [0, 0.05) is 23.3 Å². The van der Waals surface area contributed by atoms with Crippen LogP contribution in [0, 0.1) is 0 Å². The summed E-state index contributed by atoms with van der Waals surface area (Å²) in [6.45, 7) is 2.05. The highest BCUT2D eigenvalue weighted by atomic mass is 16.5. The molecular formula is C23H21NO3. The number of fused-ring (bicyclic) bond motifs is 3. The van der Waals surface area contributed by atoms with Crippen molar-refractivity contribution in [3.05, 3.63) is 72.3 Å². The Balaban J connectivity index is 1.61. The third-order valence-electron chi connectivity index (χ3n) is 4.83. The number of rotatable bonds is 5. The molecular weight excluding hydrogens is 338 g/mol. The van der Waals surface area contributed by atoms with Crippen LogP contribution in [-0.4, -0.2) is 13.0 Å². The molecule has 1 aromatic heterocycles. The molecule has 0 aliphatic heterocycles. The number of anilines is 1. The van der Waals surface area contributed by atoms with Crippen LogP contribution in [0.3, 0.4) is 0 Å². The van der Waals surface area contributed by atoms with Crippen LogP contribution in [0.4, 0.5) is 5.69 Å². The Labute approximate surface area is 157 Å². The Kier molecular flexibility index (Phi) is 4.55. The SMILES string of the molecule is COc1cc2c(cc1NC(=O)C[C@@H](C)c1ccccc1)oc1ccccc12. The first-order valence-corrected chi connectivity index (χ1v) is 9.00. The molecule has 4 rings (SSSR count). The molecule has 0 saturated heterocycles. The van der Waals surface area contributed by atoms with Crippen molar-refractivity contribution in [3.63, 3.8) is 0 Å². The van der Waals surface area contributed by atoms with Gasteiger partial charge in [0.1, 0.15) is 16.9 Å². The number of hydrogen-bond acceptors (Lipinski definition) is 3. The predicted molar refractivity (Wildman–Crippen MR) is 108 cm³/mol. The van der Waals surface area contributed by atoms with Crippen LogP contribution in [-0.2, 0) is 4.79 Å². The second-order valence-corrected chi connectivity index (χ2v) is 6.71. The first-order valence-electron chi connectivity index (χ1n) is 9.00. The summed E-state index contributed by atoms with van der Waals surface area (Å²) in [5.41, 5.74) is 3.31. The maximum Gasteiger partial charge on any atom is 0.225 e. The van der Waals surface area contributed by atoms with Crippen LogP contribution in [0.5, 0.6) is 5.75 Å². The van der Waals surface area contributed by atoms with Crippen molar-refractivity contribution in [2.45, 2.75) is 19.3 Å². The first-order chi connectivity index (χ1) is 13.2. The van der Waals surface area contributed by atoms with E-state index < -0.39 is 0 Å². The summed E-state index contributed by atoms with van der Waals surface area (Å²) in [5, 5.41) is 4.97. The quantitative estimate of drug-likeness (QED) is 0.495. The normalized spacial score (nSPS) is 12.2. The summed E-state index contributed by atoms with van der Waals surface area (Å²) in [6, 6.07) is 21.6. The monoisotopic (exact) mass is 359 g/mol. The fourth-order valence-corrected chi connectivity index (χ4v) is 3.40. The molecule has 1 N–H and O–H groups in total. The highest BCUT2D eigenvalue weighted by molar-refractivity contribution is 6.07. The molecule has 0 unspecified atom stereocenters. The molecule has 4 heteroatoms. The highest BCUT2D eigenvalue weighted by Crippen LogP contribution is 2.36. The Hall–Kier alpha value is -3.27. The molecule has 27 heavy (non-hydrogen) atoms. The van der Waals surface area contributed by atoms with E-state index in [1.807, 2.05) is 66.7 Å². The molecule has 0 aliphatic carbocycles. The zero-order chi connectivity index (χ0) is 18.8. The van der Waals surface area contributed by atoms with Gasteiger partial charge in [-0.25, -0.2) is 0 Å². The molecule has 0 aliphatic rings. The van der Waals surface area contributed by atoms with Crippen LogP contribution in [0.15, 0.2) is 71.1 Å². The van der Waals surface area contributed by atoms with Crippen molar-refractivity contribution in [2.75, 3.05) is 12.4 Å². The molecule has 4 nitrogen and oxygen atoms in total. The average molecular weight is 359 g/mol. The zero-order valence-electron chi connectivity index (χ0n) is 15.4. The third-order valence-corrected chi connectivity index (χ3v) is 4.83. The van der Waals surface area contributed by atoms with Crippen LogP contribution in [0.2, 0.25) is 0 Å². The summed E-state index contributed by atoms with van der Waals surface area (Å²) >= 11 is 0. The lowest BCUT2D eigenvalue weighted by molar-refractivity contribution is -0.116. The summed E-state index contributed by atoms with van der Waals surface area (Å²) in [4.78, 5) is 12.6. The molecule has 3 aromatic carbocycles. The summed E-state index contributed by atoms with van der Waals surface area (Å²) in [7, 11) is 1.60. The van der Waals surface area contributed by atoms with Gasteiger partial charge >= 0.3 is 0 Å². The number of nitrogens with one attached hydrogen (secondary N) is 1. The number of carbonyl (C=O) groups excluding carboxylic acids is 1. The zero-order valence-corrected chi connectivity index (χ0v) is 15.4. The summed E-state index contributed by atoms with van der Waals surface area (Å²) in [6.07, 6.45) is 0.394. The Bertz CT molecular complexity index is 1100. The number of para-hydroxylation sites is 1. The van der Waals surface area contributed by atoms with Crippen LogP contribution in [0.25, 0.3) is 21.9 Å². The van der Waals surface area contributed by atoms with Crippen LogP contribution < -0.4 is 10.1 Å². The number of amides is 1. The topological polar surface area (TPSA) is 51.5 Å². The number of furan rings is 1. The molecule has 4 aromatic rings. The van der Waals surface area contributed by atoms with Crippen molar-refractivity contribution < 1.29 is 13.9 Å². The van der Waals surface area contributed by atoms with Crippen molar-refractivity contribution >= 4 is 33.5 Å². The first kappa shape index (κ1) is 17.2. The van der Waals surface area contributed by atoms with Gasteiger partial charge in [0.25, 0.3) is 0 Å². The largest absolute Gasteiger partial charge is 0.495 e. The van der Waals surface area contributed by atoms with Gasteiger partial charge in [-0.2, -0.15) is 0 Å². The van der Waals surface area contributed by atoms with E-state index in [0.717, 1.165) is 27.5 Å². The molecule has 1 atom stereocenters. The van der Waals surface area contributed by atoms with Gasteiger partial charge in [-0.05, 0) is 23.6 Å². The number of benzene rings is 3. The van der Waals surface area contributed by atoms with E-state index in [1.54, 1.807) is 7.11 Å². The molecule has 0 bridgehead atoms. The maximum atomic E-state index is 12.6. The number of ether oxygens (including phenoxy) is 1. The standard InChI is InChI=1S/C23H21NO3/c1-15(16-8-4-3-5-9-16)12-23(25)24-19-14-21-18(13-22(19)26-2)17-10-6-7-11-20(17)27-21/h3-11,13-15H,12H2,1-2H3,(H,24,25)/t15-/m1/s1. The lowest BCUT2D eigenvalue weighted by Gasteiger charge is -2.14. The van der Waals surface area contributed by atoms with Crippen molar-refractivity contribution in [3.8, 4) is 5.75 Å². The van der Waals surface area contributed by atoms with E-state index >= 15 is 0 Å². The molecule has 1 amide bonds. The van der Waals surface area contributed by atoms with Gasteiger partial charge in [0.05, 0.1) is 12.8 Å². The number of methoxy groups -OCH3 is 1. The van der Waals surface area contributed by atoms with E-state index in [1.165, 1.54) is 0 Å². The van der Waals surface area contributed by atoms with Crippen molar-refractivity contribution in [2.24, 2.45) is 0 Å². The van der Waals surface area contributed by atoms with E-state index in [0.29, 0.717) is 17.9 Å². The fraction of sp³-hybridized carbons (Fsp3) is 0.174. The van der Waals surface area contributed by atoms with Crippen LogP contribution >= 0.6 is 0 Å². The lowest BCUT2D eigenvalue weighted by Crippen LogP contribution is -2.15. The summed E-state index contributed by atoms with van der Waals surface area (Å²) in [5.74, 6) is 0.696. The van der Waals surface area contributed by atoms with Crippen LogP contribution in [0.1, 0.15) is 24.8 Å². The lowest BCUT2D eigenvalue weighted by atomic mass is 9.97. The second kappa shape index (κ2) is 7.16. The number of hydrogen-bond donors (Lipinski definition) is 1. The molecule has 0 radical (unpaired) electrons. The maximum absolute atomic E-state index is 12.6. The molecule has 1 heterocycles. The van der Waals surface area contributed by atoms with Gasteiger partial charge in [-0.1, -0.05) is 55.5 Å². The van der Waals surface area contributed by atoms with Gasteiger partial charge in [-0.3, -0.25) is 4.79 Å². The predicted octanol–water partition coefficient (Wildman–Crippen LogP) is 5.73. The highest BCUT2D eigenvalue weighted by Gasteiger charge is 2.16. The molecule has 0 saturated carbocycles. The minimum atomic E-state index is -0.0554. The smallest absolute Gasteiger partial charge is 0.225 e. The second-order valence-electron chi connectivity index (χ2n) is 6.71. The summed E-state index contributed by atoms with van der Waals surface area (Å²) < 4.78 is 11.4. The van der Waals surface area contributed by atoms with Gasteiger partial charge in [0.2, 0.25) is 5.91 Å². The fourth-order valence-electron chi connectivity index (χ4n) is 3.40. The van der Waals surface area contributed by atoms with Crippen molar-refractivity contribution in [1.29, 1.82) is 0 Å². The van der Waals surface area contributed by atoms with Crippen molar-refractivity contribution in [1.82, 2.24) is 0 Å². The Morgan fingerprint density at radius 1 is 1.00 bits per heavy atom. The third kappa shape index (κ3) is 3.38. The van der Waals surface area contributed by atoms with Gasteiger partial charge < -0.3 is 14.5 Å². The minimum absolute atomic E-state index is 0.0554. The molecule has 0 spiro atoms. The van der Waals surface area contributed by atoms with E-state index in [-0.39, 0.29) is 11.8 Å². The Morgan fingerprint density at radius 3 is 2.52 bits per heavy atom. The van der Waals surface area contributed by atoms with E-state index in [4.69, 9.17) is 9.15 Å². The minimum Gasteiger partial charge on any atom is -0.495 e. The van der Waals surface area contributed by atoms with Gasteiger partial charge in [-0.15, -0.1) is 0 Å². The molecule has 136 valence electrons. The molecule has 0 fully saturated rings.